The van der Waals surface area contributed by atoms with Gasteiger partial charge in [-0.25, -0.2) is 12.7 Å². The van der Waals surface area contributed by atoms with Gasteiger partial charge in [0.05, 0.1) is 23.1 Å². The summed E-state index contributed by atoms with van der Waals surface area (Å²) in [6.45, 7) is 20.7. The van der Waals surface area contributed by atoms with Crippen LogP contribution in [0.5, 0.6) is 11.5 Å². The molecular weight excluding hydrogens is 808 g/mol. The summed E-state index contributed by atoms with van der Waals surface area (Å²) in [7, 11) is -8.71. The number of carbonyl (C=O) groups excluding carboxylic acids is 1. The lowest BCUT2D eigenvalue weighted by molar-refractivity contribution is -0.123. The Balaban J connectivity index is 2.46. The maximum atomic E-state index is 13.3. The molecule has 0 aliphatic carbocycles. The van der Waals surface area contributed by atoms with Gasteiger partial charge in [0.2, 0.25) is 10.0 Å². The normalized spacial score (nSPS) is 13.2. The van der Waals surface area contributed by atoms with E-state index in [4.69, 9.17) is 35.0 Å². The summed E-state index contributed by atoms with van der Waals surface area (Å²) in [4.78, 5) is 13.0. The molecule has 0 radical (unpaired) electrons. The second kappa shape index (κ2) is 20.9. The fourth-order valence-electron chi connectivity index (χ4n) is 4.97. The number of sulfonamides is 1. The molecule has 1 amide bonds. The highest BCUT2D eigenvalue weighted by Crippen LogP contribution is 2.37. The van der Waals surface area contributed by atoms with E-state index in [9.17, 15) is 13.2 Å². The molecule has 1 atom stereocenters. The first-order valence-corrected chi connectivity index (χ1v) is 30.6. The molecule has 0 heterocycles. The minimum Gasteiger partial charge on any atom is -0.484 e. The van der Waals surface area contributed by atoms with Crippen molar-refractivity contribution < 1.29 is 36.6 Å². The summed E-state index contributed by atoms with van der Waals surface area (Å²) < 4.78 is 59.1. The van der Waals surface area contributed by atoms with Gasteiger partial charge in [0.15, 0.2) is 21.7 Å². The summed E-state index contributed by atoms with van der Waals surface area (Å²) in [5, 5.41) is 3.45. The van der Waals surface area contributed by atoms with Crippen molar-refractivity contribution in [1.82, 2.24) is 5.32 Å². The fourth-order valence-corrected chi connectivity index (χ4v) is 10.5. The fraction of sp³-hybridized carbons (Fsp3) is 0.629. The van der Waals surface area contributed by atoms with Gasteiger partial charge in [-0.1, -0.05) is 77.7 Å². The SMILES string of the molecule is CC[Si](CC)(CC)OC(CNC(=O)COc1ccc(Br)c(Cl)c1)c1ccc(OCOCC[Si](C)(C)C)c(N(COCC[Si](C)(C)C)S(C)(=O)=O)c1. The van der Waals surface area contributed by atoms with Gasteiger partial charge >= 0.3 is 0 Å². The number of hydrogen-bond donors (Lipinski definition) is 1. The van der Waals surface area contributed by atoms with E-state index in [1.54, 1.807) is 30.3 Å². The van der Waals surface area contributed by atoms with Crippen molar-refractivity contribution in [3.63, 3.8) is 0 Å². The summed E-state index contributed by atoms with van der Waals surface area (Å²) in [5.74, 6) is 0.488. The summed E-state index contributed by atoms with van der Waals surface area (Å²) in [5.41, 5.74) is 1.03. The first-order chi connectivity index (χ1) is 23.7. The van der Waals surface area contributed by atoms with Crippen molar-refractivity contribution in [2.45, 2.75) is 96.4 Å². The number of carbonyl (C=O) groups is 1. The van der Waals surface area contributed by atoms with Crippen LogP contribution in [0, 0.1) is 0 Å². The molecule has 1 unspecified atom stereocenters. The Bertz CT molecular complexity index is 1500. The Hall–Kier alpha value is -1.44. The van der Waals surface area contributed by atoms with Crippen molar-refractivity contribution in [3.05, 3.63) is 51.5 Å². The Morgan fingerprint density at radius 2 is 1.51 bits per heavy atom. The van der Waals surface area contributed by atoms with Crippen LogP contribution in [0.15, 0.2) is 40.9 Å². The van der Waals surface area contributed by atoms with E-state index in [1.807, 2.05) is 6.07 Å². The molecule has 290 valence electrons. The molecule has 0 aliphatic rings. The Kier molecular flexibility index (Phi) is 18.7. The topological polar surface area (TPSA) is 113 Å². The quantitative estimate of drug-likeness (QED) is 0.0632. The van der Waals surface area contributed by atoms with Gasteiger partial charge < -0.3 is 28.7 Å². The van der Waals surface area contributed by atoms with Crippen molar-refractivity contribution in [2.24, 2.45) is 0 Å². The van der Waals surface area contributed by atoms with E-state index in [0.717, 1.165) is 40.9 Å². The maximum Gasteiger partial charge on any atom is 0.258 e. The first-order valence-electron chi connectivity index (χ1n) is 17.6. The van der Waals surface area contributed by atoms with E-state index < -0.39 is 40.6 Å². The van der Waals surface area contributed by atoms with Crippen LogP contribution in [0.4, 0.5) is 5.69 Å². The lowest BCUT2D eigenvalue weighted by Gasteiger charge is -2.34. The number of nitrogens with zero attached hydrogens (tertiary/aromatic N) is 1. The maximum absolute atomic E-state index is 13.3. The molecule has 0 aromatic heterocycles. The first kappa shape index (κ1) is 45.7. The highest BCUT2D eigenvalue weighted by molar-refractivity contribution is 9.10. The standard InChI is InChI=1S/C35H60BrClN2O8SSi3/c1-11-51(12-2,13-3)47-34(24-38-35(40)25-45-29-15-16-30(36)31(37)23-29)28-14-17-33(46-27-44-19-21-50(8,9)10)32(22-28)39(48(4,41)42)26-43-18-20-49(5,6)7/h14-17,22-23,34H,11-13,18-21,24-27H2,1-10H3,(H,38,40). The second-order valence-electron chi connectivity index (χ2n) is 15.2. The van der Waals surface area contributed by atoms with Gasteiger partial charge in [0.1, 0.15) is 18.2 Å². The Morgan fingerprint density at radius 3 is 2.06 bits per heavy atom. The van der Waals surface area contributed by atoms with Crippen LogP contribution in [-0.2, 0) is 28.7 Å². The number of amides is 1. The number of ether oxygens (including phenoxy) is 4. The van der Waals surface area contributed by atoms with Crippen LogP contribution in [-0.4, -0.2) is 84.9 Å². The van der Waals surface area contributed by atoms with Crippen molar-refractivity contribution >= 4 is 73.6 Å². The molecule has 1 N–H and O–H groups in total. The highest BCUT2D eigenvalue weighted by Gasteiger charge is 2.34. The second-order valence-corrected chi connectivity index (χ2v) is 34.3. The highest BCUT2D eigenvalue weighted by atomic mass is 79.9. The van der Waals surface area contributed by atoms with Crippen LogP contribution in [0.3, 0.4) is 0 Å². The number of halogens is 2. The lowest BCUT2D eigenvalue weighted by atomic mass is 10.1. The summed E-state index contributed by atoms with van der Waals surface area (Å²) in [6.07, 6.45) is 0.601. The van der Waals surface area contributed by atoms with Crippen LogP contribution in [0.25, 0.3) is 0 Å². The summed E-state index contributed by atoms with van der Waals surface area (Å²) >= 11 is 9.54. The van der Waals surface area contributed by atoms with E-state index in [0.29, 0.717) is 41.0 Å². The van der Waals surface area contributed by atoms with Crippen molar-refractivity contribution in [1.29, 1.82) is 0 Å². The molecule has 0 saturated heterocycles. The molecule has 51 heavy (non-hydrogen) atoms. The third kappa shape index (κ3) is 16.6. The lowest BCUT2D eigenvalue weighted by Crippen LogP contribution is -2.41. The van der Waals surface area contributed by atoms with Crippen LogP contribution in [0.2, 0.25) is 74.5 Å². The molecule has 16 heteroatoms. The minimum atomic E-state index is -3.79. The zero-order valence-electron chi connectivity index (χ0n) is 32.2. The Labute approximate surface area is 323 Å². The van der Waals surface area contributed by atoms with E-state index >= 15 is 0 Å². The number of benzene rings is 2. The number of anilines is 1. The molecule has 2 rings (SSSR count). The largest absolute Gasteiger partial charge is 0.484 e. The van der Waals surface area contributed by atoms with Crippen LogP contribution >= 0.6 is 27.5 Å². The predicted octanol–water partition coefficient (Wildman–Crippen LogP) is 9.13. The zero-order chi connectivity index (χ0) is 38.5. The molecule has 0 aliphatic heterocycles. The van der Waals surface area contributed by atoms with E-state index in [2.05, 4.69) is 81.3 Å². The molecule has 0 saturated carbocycles. The van der Waals surface area contributed by atoms with Gasteiger partial charge in [-0.3, -0.25) is 4.79 Å². The van der Waals surface area contributed by atoms with Crippen molar-refractivity contribution in [3.8, 4) is 11.5 Å². The van der Waals surface area contributed by atoms with Gasteiger partial charge in [0, 0.05) is 40.4 Å². The minimum absolute atomic E-state index is 0.0258. The number of hydrogen-bond acceptors (Lipinski definition) is 8. The van der Waals surface area contributed by atoms with Gasteiger partial charge in [-0.05, 0) is 82.0 Å². The van der Waals surface area contributed by atoms with Gasteiger partial charge in [-0.15, -0.1) is 0 Å². The molecule has 0 fully saturated rings. The molecule has 2 aromatic carbocycles. The third-order valence-corrected chi connectivity index (χ3v) is 19.0. The average molecular weight is 869 g/mol. The van der Waals surface area contributed by atoms with E-state index in [1.165, 1.54) is 4.31 Å². The molecule has 0 bridgehead atoms. The number of rotatable bonds is 24. The van der Waals surface area contributed by atoms with Crippen molar-refractivity contribution in [2.75, 3.05) is 50.5 Å². The molecule has 0 spiro atoms. The van der Waals surface area contributed by atoms with Crippen LogP contribution in [0.1, 0.15) is 32.4 Å². The average Bonchev–Trinajstić information content (AvgIpc) is 3.04. The Morgan fingerprint density at radius 1 is 0.902 bits per heavy atom. The molecular formula is C35H60BrClN2O8SSi3. The van der Waals surface area contributed by atoms with E-state index in [-0.39, 0.29) is 32.6 Å². The molecule has 10 nitrogen and oxygen atoms in total. The smallest absolute Gasteiger partial charge is 0.258 e. The van der Waals surface area contributed by atoms with Crippen LogP contribution < -0.4 is 19.1 Å². The third-order valence-electron chi connectivity index (χ3n) is 8.59. The van der Waals surface area contributed by atoms with Gasteiger partial charge in [-0.2, -0.15) is 0 Å². The van der Waals surface area contributed by atoms with Gasteiger partial charge in [0.25, 0.3) is 5.91 Å². The number of nitrogens with one attached hydrogen (secondary N) is 1. The molecule has 2 aromatic rings. The zero-order valence-corrected chi connectivity index (χ0v) is 38.4. The summed E-state index contributed by atoms with van der Waals surface area (Å²) in [6, 6.07) is 15.1. The predicted molar refractivity (Wildman–Crippen MR) is 221 cm³/mol. The monoisotopic (exact) mass is 866 g/mol.